The van der Waals surface area contributed by atoms with Crippen LogP contribution in [0, 0.1) is 36.0 Å². The number of fused-ring (bicyclic) bond motifs is 2. The van der Waals surface area contributed by atoms with Crippen LogP contribution in [0.1, 0.15) is 44.1 Å². The van der Waals surface area contributed by atoms with Gasteiger partial charge in [0, 0.05) is 18.7 Å². The molecule has 0 spiro atoms. The highest BCUT2D eigenvalue weighted by atomic mass is 16.5. The van der Waals surface area contributed by atoms with Gasteiger partial charge < -0.3 is 9.64 Å². The molecular formula is C21H26N2O3. The number of carbonyl (C=O) groups is 2. The fourth-order valence-corrected chi connectivity index (χ4v) is 4.40. The second-order valence-electron chi connectivity index (χ2n) is 7.59. The molecule has 2 bridgehead atoms. The van der Waals surface area contributed by atoms with Crippen LogP contribution in [-0.2, 0) is 14.3 Å². The van der Waals surface area contributed by atoms with Crippen molar-refractivity contribution in [2.45, 2.75) is 45.4 Å². The van der Waals surface area contributed by atoms with Gasteiger partial charge in [0.15, 0.2) is 6.61 Å². The Morgan fingerprint density at radius 1 is 1.23 bits per heavy atom. The summed E-state index contributed by atoms with van der Waals surface area (Å²) in [5.41, 5.74) is 1.82. The molecule has 0 unspecified atom stereocenters. The van der Waals surface area contributed by atoms with Crippen LogP contribution in [0.15, 0.2) is 24.3 Å². The van der Waals surface area contributed by atoms with Crippen LogP contribution in [-0.4, -0.2) is 25.0 Å². The van der Waals surface area contributed by atoms with E-state index < -0.39 is 0 Å². The van der Waals surface area contributed by atoms with E-state index in [1.807, 2.05) is 31.2 Å². The van der Waals surface area contributed by atoms with Crippen LogP contribution < -0.4 is 4.90 Å². The lowest BCUT2D eigenvalue weighted by Crippen LogP contribution is -2.35. The van der Waals surface area contributed by atoms with Gasteiger partial charge in [-0.2, -0.15) is 5.26 Å². The second kappa shape index (κ2) is 8.35. The molecule has 3 atom stereocenters. The van der Waals surface area contributed by atoms with Crippen molar-refractivity contribution < 1.29 is 14.3 Å². The summed E-state index contributed by atoms with van der Waals surface area (Å²) < 4.78 is 5.27. The molecule has 2 saturated carbocycles. The van der Waals surface area contributed by atoms with Crippen LogP contribution >= 0.6 is 0 Å². The molecule has 2 aliphatic carbocycles. The van der Waals surface area contributed by atoms with Gasteiger partial charge in [-0.05, 0) is 56.1 Å². The molecule has 0 saturated heterocycles. The minimum Gasteiger partial charge on any atom is -0.456 e. The summed E-state index contributed by atoms with van der Waals surface area (Å²) >= 11 is 0. The van der Waals surface area contributed by atoms with Gasteiger partial charge in [0.2, 0.25) is 0 Å². The second-order valence-corrected chi connectivity index (χ2v) is 7.59. The zero-order valence-corrected chi connectivity index (χ0v) is 15.3. The van der Waals surface area contributed by atoms with Crippen LogP contribution in [0.4, 0.5) is 5.69 Å². The minimum atomic E-state index is -0.287. The summed E-state index contributed by atoms with van der Waals surface area (Å²) in [6.45, 7) is 2.00. The lowest BCUT2D eigenvalue weighted by molar-refractivity contribution is -0.149. The molecule has 0 aromatic heterocycles. The highest BCUT2D eigenvalue weighted by Crippen LogP contribution is 2.49. The third-order valence-electron chi connectivity index (χ3n) is 5.76. The summed E-state index contributed by atoms with van der Waals surface area (Å²) in [5, 5.41) is 8.84. The van der Waals surface area contributed by atoms with Gasteiger partial charge in [0.05, 0.1) is 12.5 Å². The van der Waals surface area contributed by atoms with Gasteiger partial charge in [0.25, 0.3) is 5.91 Å². The predicted octanol–water partition coefficient (Wildman–Crippen LogP) is 3.61. The average Bonchev–Trinajstić information content (AvgIpc) is 3.24. The Hall–Kier alpha value is -2.35. The Bertz CT molecular complexity index is 692. The molecule has 5 heteroatoms. The third kappa shape index (κ3) is 4.43. The molecule has 5 nitrogen and oxygen atoms in total. The molecule has 138 valence electrons. The van der Waals surface area contributed by atoms with Crippen LogP contribution in [0.5, 0.6) is 0 Å². The summed E-state index contributed by atoms with van der Waals surface area (Å²) in [6.07, 6.45) is 5.59. The van der Waals surface area contributed by atoms with Crippen molar-refractivity contribution in [2.24, 2.45) is 17.8 Å². The highest BCUT2D eigenvalue weighted by Gasteiger charge is 2.40. The number of rotatable bonds is 7. The number of amides is 1. The van der Waals surface area contributed by atoms with E-state index in [1.165, 1.54) is 24.2 Å². The lowest BCUT2D eigenvalue weighted by atomic mass is 9.86. The first kappa shape index (κ1) is 18.4. The topological polar surface area (TPSA) is 70.4 Å². The average molecular weight is 354 g/mol. The van der Waals surface area contributed by atoms with Gasteiger partial charge in [-0.1, -0.05) is 24.1 Å². The summed E-state index contributed by atoms with van der Waals surface area (Å²) in [4.78, 5) is 26.2. The third-order valence-corrected chi connectivity index (χ3v) is 5.76. The number of hydrogen-bond donors (Lipinski definition) is 0. The molecule has 1 amide bonds. The SMILES string of the molecule is Cc1ccc(N(CCC#N)C(=O)COC(=O)C[C@@H]2C[C@H]3CC[C@@H]2C3)cc1. The Kier molecular flexibility index (Phi) is 5.92. The highest BCUT2D eigenvalue weighted by molar-refractivity contribution is 5.95. The van der Waals surface area contributed by atoms with Crippen molar-refractivity contribution >= 4 is 17.6 Å². The summed E-state index contributed by atoms with van der Waals surface area (Å²) in [7, 11) is 0. The van der Waals surface area contributed by atoms with Crippen molar-refractivity contribution in [1.29, 1.82) is 5.26 Å². The summed E-state index contributed by atoms with van der Waals surface area (Å²) in [5.74, 6) is 1.33. The van der Waals surface area contributed by atoms with Gasteiger partial charge in [-0.3, -0.25) is 9.59 Å². The predicted molar refractivity (Wildman–Crippen MR) is 98.3 cm³/mol. The van der Waals surface area contributed by atoms with E-state index >= 15 is 0 Å². The largest absolute Gasteiger partial charge is 0.456 e. The standard InChI is InChI=1S/C21H26N2O3/c1-15-3-7-19(8-4-15)23(10-2-9-22)20(24)14-26-21(25)13-18-12-16-5-6-17(18)11-16/h3-4,7-8,16-18H,2,5-6,10-14H2,1H3/t16-,17+,18-/m0/s1. The number of benzene rings is 1. The first-order chi connectivity index (χ1) is 12.6. The van der Waals surface area contributed by atoms with Crippen molar-refractivity contribution in [3.05, 3.63) is 29.8 Å². The zero-order chi connectivity index (χ0) is 18.5. The molecule has 0 radical (unpaired) electrons. The maximum atomic E-state index is 12.5. The smallest absolute Gasteiger partial charge is 0.306 e. The molecule has 26 heavy (non-hydrogen) atoms. The van der Waals surface area contributed by atoms with Crippen LogP contribution in [0.25, 0.3) is 0 Å². The van der Waals surface area contributed by atoms with E-state index in [-0.39, 0.29) is 24.9 Å². The van der Waals surface area contributed by atoms with Gasteiger partial charge >= 0.3 is 5.97 Å². The van der Waals surface area contributed by atoms with Crippen LogP contribution in [0.3, 0.4) is 0 Å². The molecule has 2 fully saturated rings. The Labute approximate surface area is 154 Å². The molecule has 0 heterocycles. The van der Waals surface area contributed by atoms with Gasteiger partial charge in [-0.15, -0.1) is 0 Å². The van der Waals surface area contributed by atoms with Gasteiger partial charge in [0.1, 0.15) is 0 Å². The first-order valence-electron chi connectivity index (χ1n) is 9.46. The maximum Gasteiger partial charge on any atom is 0.306 e. The van der Waals surface area contributed by atoms with E-state index in [0.29, 0.717) is 24.8 Å². The molecule has 1 aromatic rings. The van der Waals surface area contributed by atoms with E-state index in [0.717, 1.165) is 23.6 Å². The fraction of sp³-hybridized carbons (Fsp3) is 0.571. The number of nitriles is 1. The molecule has 3 rings (SSSR count). The van der Waals surface area contributed by atoms with Crippen molar-refractivity contribution in [3.63, 3.8) is 0 Å². The summed E-state index contributed by atoms with van der Waals surface area (Å²) in [6, 6.07) is 9.60. The van der Waals surface area contributed by atoms with Crippen molar-refractivity contribution in [3.8, 4) is 6.07 Å². The molecule has 1 aromatic carbocycles. The fourth-order valence-electron chi connectivity index (χ4n) is 4.40. The number of aryl methyl sites for hydroxylation is 1. The molecule has 2 aliphatic rings. The molecular weight excluding hydrogens is 328 g/mol. The Morgan fingerprint density at radius 3 is 2.62 bits per heavy atom. The van der Waals surface area contributed by atoms with E-state index in [2.05, 4.69) is 6.07 Å². The van der Waals surface area contributed by atoms with Crippen molar-refractivity contribution in [1.82, 2.24) is 0 Å². The number of ether oxygens (including phenoxy) is 1. The monoisotopic (exact) mass is 354 g/mol. The minimum absolute atomic E-state index is 0.235. The Balaban J connectivity index is 1.52. The van der Waals surface area contributed by atoms with Gasteiger partial charge in [-0.25, -0.2) is 0 Å². The number of hydrogen-bond acceptors (Lipinski definition) is 4. The maximum absolute atomic E-state index is 12.5. The van der Waals surface area contributed by atoms with E-state index in [9.17, 15) is 9.59 Å². The first-order valence-corrected chi connectivity index (χ1v) is 9.46. The van der Waals surface area contributed by atoms with E-state index in [1.54, 1.807) is 0 Å². The van der Waals surface area contributed by atoms with Crippen LogP contribution in [0.2, 0.25) is 0 Å². The number of carbonyl (C=O) groups excluding carboxylic acids is 2. The quantitative estimate of drug-likeness (QED) is 0.701. The zero-order valence-electron chi connectivity index (χ0n) is 15.3. The van der Waals surface area contributed by atoms with E-state index in [4.69, 9.17) is 10.00 Å². The normalized spacial score (nSPS) is 23.5. The molecule has 0 aliphatic heterocycles. The number of esters is 1. The lowest BCUT2D eigenvalue weighted by Gasteiger charge is -2.23. The number of nitrogens with zero attached hydrogens (tertiary/aromatic N) is 2. The molecule has 0 N–H and O–H groups in total. The van der Waals surface area contributed by atoms with Crippen molar-refractivity contribution in [2.75, 3.05) is 18.1 Å². The number of anilines is 1. The Morgan fingerprint density at radius 2 is 2.00 bits per heavy atom.